The van der Waals surface area contributed by atoms with Crippen LogP contribution in [0.2, 0.25) is 0 Å². The van der Waals surface area contributed by atoms with E-state index < -0.39 is 0 Å². The normalized spacial score (nSPS) is 16.9. The van der Waals surface area contributed by atoms with Gasteiger partial charge in [-0.05, 0) is 44.6 Å². The average Bonchev–Trinajstić information content (AvgIpc) is 2.94. The Morgan fingerprint density at radius 2 is 1.86 bits per heavy atom. The molecule has 0 aromatic heterocycles. The third-order valence-corrected chi connectivity index (χ3v) is 4.60. The molecule has 3 nitrogen and oxygen atoms in total. The van der Waals surface area contributed by atoms with Crippen LogP contribution in [0.25, 0.3) is 0 Å². The number of benzene rings is 1. The molecule has 0 unspecified atom stereocenters. The molecule has 21 heavy (non-hydrogen) atoms. The molecule has 0 radical (unpaired) electrons. The summed E-state index contributed by atoms with van der Waals surface area (Å²) in [6.07, 6.45) is 8.13. The van der Waals surface area contributed by atoms with Crippen molar-refractivity contribution < 1.29 is 4.79 Å². The Bertz CT molecular complexity index is 447. The van der Waals surface area contributed by atoms with Gasteiger partial charge in [-0.1, -0.05) is 42.7 Å². The molecule has 1 fully saturated rings. The molecule has 0 bridgehead atoms. The molecule has 2 rings (SSSR count). The van der Waals surface area contributed by atoms with Gasteiger partial charge in [0.25, 0.3) is 0 Å². The number of unbranched alkanes of at least 4 members (excludes halogenated alkanes) is 1. The molecule has 3 N–H and O–H groups in total. The van der Waals surface area contributed by atoms with Gasteiger partial charge in [0.15, 0.2) is 0 Å². The summed E-state index contributed by atoms with van der Waals surface area (Å²) in [5.74, 6) is 0.172. The van der Waals surface area contributed by atoms with Crippen LogP contribution in [-0.2, 0) is 11.2 Å². The van der Waals surface area contributed by atoms with Crippen LogP contribution in [0.1, 0.15) is 56.1 Å². The second-order valence-corrected chi connectivity index (χ2v) is 6.43. The summed E-state index contributed by atoms with van der Waals surface area (Å²) in [7, 11) is 0. The minimum atomic E-state index is -0.103. The predicted molar refractivity (Wildman–Crippen MR) is 87.1 cm³/mol. The zero-order valence-corrected chi connectivity index (χ0v) is 13.2. The van der Waals surface area contributed by atoms with E-state index in [1.54, 1.807) is 0 Å². The lowest BCUT2D eigenvalue weighted by molar-refractivity contribution is -0.123. The zero-order valence-electron chi connectivity index (χ0n) is 13.2. The van der Waals surface area contributed by atoms with Crippen molar-refractivity contribution in [1.29, 1.82) is 0 Å². The molecule has 1 aromatic rings. The Kier molecular flexibility index (Phi) is 5.80. The molecule has 1 amide bonds. The number of hydrogen-bond donors (Lipinski definition) is 2. The number of amides is 1. The lowest BCUT2D eigenvalue weighted by Gasteiger charge is -2.28. The Morgan fingerprint density at radius 3 is 2.48 bits per heavy atom. The van der Waals surface area contributed by atoms with Gasteiger partial charge < -0.3 is 11.1 Å². The molecule has 116 valence electrons. The van der Waals surface area contributed by atoms with Crippen LogP contribution in [0.5, 0.6) is 0 Å². The van der Waals surface area contributed by atoms with Gasteiger partial charge in [0.05, 0.1) is 5.54 Å². The first-order valence-corrected chi connectivity index (χ1v) is 8.20. The Labute approximate surface area is 128 Å². The van der Waals surface area contributed by atoms with Gasteiger partial charge in [-0.15, -0.1) is 0 Å². The second kappa shape index (κ2) is 7.60. The summed E-state index contributed by atoms with van der Waals surface area (Å²) in [5, 5.41) is 3.18. The number of aryl methyl sites for hydroxylation is 2. The summed E-state index contributed by atoms with van der Waals surface area (Å²) < 4.78 is 0. The molecule has 1 aliphatic carbocycles. The lowest BCUT2D eigenvalue weighted by Crippen LogP contribution is -2.51. The van der Waals surface area contributed by atoms with Gasteiger partial charge in [-0.25, -0.2) is 0 Å². The van der Waals surface area contributed by atoms with Crippen LogP contribution >= 0.6 is 0 Å². The lowest BCUT2D eigenvalue weighted by atomic mass is 9.97. The molecule has 0 atom stereocenters. The van der Waals surface area contributed by atoms with E-state index in [-0.39, 0.29) is 11.4 Å². The van der Waals surface area contributed by atoms with Gasteiger partial charge >= 0.3 is 0 Å². The van der Waals surface area contributed by atoms with Crippen molar-refractivity contribution in [3.8, 4) is 0 Å². The molecule has 1 saturated carbocycles. The molecular formula is C18H28N2O. The fourth-order valence-electron chi connectivity index (χ4n) is 3.16. The maximum Gasteiger partial charge on any atom is 0.220 e. The van der Waals surface area contributed by atoms with Crippen molar-refractivity contribution in [1.82, 2.24) is 5.32 Å². The van der Waals surface area contributed by atoms with Gasteiger partial charge in [-0.2, -0.15) is 0 Å². The fourth-order valence-corrected chi connectivity index (χ4v) is 3.16. The standard InChI is InChI=1S/C18H28N2O/c1-15-8-10-16(11-9-15)6-2-3-7-17(21)20-18(14-19)12-4-5-13-18/h8-11H,2-7,12-14,19H2,1H3,(H,20,21). The van der Waals surface area contributed by atoms with Crippen LogP contribution in [0.3, 0.4) is 0 Å². The molecule has 1 aromatic carbocycles. The first kappa shape index (κ1) is 16.0. The minimum absolute atomic E-state index is 0.103. The third-order valence-electron chi connectivity index (χ3n) is 4.60. The molecule has 0 saturated heterocycles. The summed E-state index contributed by atoms with van der Waals surface area (Å²) >= 11 is 0. The summed E-state index contributed by atoms with van der Waals surface area (Å²) in [5.41, 5.74) is 8.39. The second-order valence-electron chi connectivity index (χ2n) is 6.43. The van der Waals surface area contributed by atoms with E-state index >= 15 is 0 Å². The monoisotopic (exact) mass is 288 g/mol. The summed E-state index contributed by atoms with van der Waals surface area (Å²) in [6.45, 7) is 2.67. The highest BCUT2D eigenvalue weighted by Crippen LogP contribution is 2.28. The van der Waals surface area contributed by atoms with Gasteiger partial charge in [0.1, 0.15) is 0 Å². The highest BCUT2D eigenvalue weighted by atomic mass is 16.1. The van der Waals surface area contributed by atoms with Gasteiger partial charge in [-0.3, -0.25) is 4.79 Å². The van der Waals surface area contributed by atoms with Crippen molar-refractivity contribution in [2.45, 2.75) is 63.8 Å². The van der Waals surface area contributed by atoms with E-state index in [1.807, 2.05) is 0 Å². The molecule has 3 heteroatoms. The molecule has 1 aliphatic rings. The van der Waals surface area contributed by atoms with E-state index in [1.165, 1.54) is 24.0 Å². The fraction of sp³-hybridized carbons (Fsp3) is 0.611. The van der Waals surface area contributed by atoms with Crippen molar-refractivity contribution in [2.75, 3.05) is 6.54 Å². The van der Waals surface area contributed by atoms with E-state index in [2.05, 4.69) is 36.5 Å². The maximum atomic E-state index is 12.1. The molecular weight excluding hydrogens is 260 g/mol. The van der Waals surface area contributed by atoms with Crippen LogP contribution in [0.15, 0.2) is 24.3 Å². The number of nitrogens with two attached hydrogens (primary N) is 1. The van der Waals surface area contributed by atoms with Crippen molar-refractivity contribution >= 4 is 5.91 Å². The van der Waals surface area contributed by atoms with E-state index in [4.69, 9.17) is 5.73 Å². The average molecular weight is 288 g/mol. The SMILES string of the molecule is Cc1ccc(CCCCC(=O)NC2(CN)CCCC2)cc1. The Hall–Kier alpha value is -1.35. The Morgan fingerprint density at radius 1 is 1.19 bits per heavy atom. The van der Waals surface area contributed by atoms with E-state index in [9.17, 15) is 4.79 Å². The highest BCUT2D eigenvalue weighted by Gasteiger charge is 2.33. The van der Waals surface area contributed by atoms with Gasteiger partial charge in [0, 0.05) is 13.0 Å². The first-order valence-electron chi connectivity index (χ1n) is 8.20. The number of nitrogens with one attached hydrogen (secondary N) is 1. The highest BCUT2D eigenvalue weighted by molar-refractivity contribution is 5.76. The van der Waals surface area contributed by atoms with Crippen LogP contribution in [0, 0.1) is 6.92 Å². The molecule has 0 spiro atoms. The smallest absolute Gasteiger partial charge is 0.220 e. The van der Waals surface area contributed by atoms with Crippen LogP contribution in [-0.4, -0.2) is 18.0 Å². The number of hydrogen-bond acceptors (Lipinski definition) is 2. The van der Waals surface area contributed by atoms with Crippen molar-refractivity contribution in [3.05, 3.63) is 35.4 Å². The topological polar surface area (TPSA) is 55.1 Å². The summed E-state index contributed by atoms with van der Waals surface area (Å²) in [4.78, 5) is 12.1. The number of carbonyl (C=O) groups excluding carboxylic acids is 1. The first-order chi connectivity index (χ1) is 10.1. The quantitative estimate of drug-likeness (QED) is 0.758. The Balaban J connectivity index is 1.66. The largest absolute Gasteiger partial charge is 0.349 e. The third kappa shape index (κ3) is 4.85. The van der Waals surface area contributed by atoms with Crippen molar-refractivity contribution in [2.24, 2.45) is 5.73 Å². The van der Waals surface area contributed by atoms with E-state index in [0.717, 1.165) is 32.1 Å². The zero-order chi connectivity index (χ0) is 15.1. The summed E-state index contributed by atoms with van der Waals surface area (Å²) in [6, 6.07) is 8.65. The molecule has 0 heterocycles. The number of rotatable bonds is 7. The number of carbonyl (C=O) groups is 1. The predicted octanol–water partition coefficient (Wildman–Crippen LogP) is 3.10. The maximum absolute atomic E-state index is 12.1. The van der Waals surface area contributed by atoms with Crippen LogP contribution in [0.4, 0.5) is 0 Å². The molecule has 0 aliphatic heterocycles. The van der Waals surface area contributed by atoms with Crippen LogP contribution < -0.4 is 11.1 Å². The van der Waals surface area contributed by atoms with Gasteiger partial charge in [0.2, 0.25) is 5.91 Å². The van der Waals surface area contributed by atoms with Crippen molar-refractivity contribution in [3.63, 3.8) is 0 Å². The minimum Gasteiger partial charge on any atom is -0.349 e. The van der Waals surface area contributed by atoms with E-state index in [0.29, 0.717) is 13.0 Å².